The Bertz CT molecular complexity index is 232. The molecule has 0 fully saturated rings. The minimum Gasteiger partial charge on any atom is -0.359 e. The molecule has 0 aromatic carbocycles. The van der Waals surface area contributed by atoms with Crippen LogP contribution < -0.4 is 5.32 Å². The SMILES string of the molecule is CNC(=O)CCCn1cncn1. The van der Waals surface area contributed by atoms with Crippen molar-refractivity contribution in [3.63, 3.8) is 0 Å². The predicted octanol–water partition coefficient (Wildman–Crippen LogP) is -0.196. The molecule has 0 saturated carbocycles. The second-order valence-electron chi connectivity index (χ2n) is 2.44. The number of carbonyl (C=O) groups is 1. The number of nitrogens with one attached hydrogen (secondary N) is 1. The first-order valence-electron chi connectivity index (χ1n) is 3.86. The van der Waals surface area contributed by atoms with Crippen LogP contribution in [0.3, 0.4) is 0 Å². The Labute approximate surface area is 70.8 Å². The topological polar surface area (TPSA) is 59.8 Å². The molecule has 5 nitrogen and oxygen atoms in total. The molecule has 1 amide bonds. The fraction of sp³-hybridized carbons (Fsp3) is 0.571. The van der Waals surface area contributed by atoms with E-state index in [-0.39, 0.29) is 5.91 Å². The summed E-state index contributed by atoms with van der Waals surface area (Å²) in [5.41, 5.74) is 0. The Morgan fingerprint density at radius 2 is 2.50 bits per heavy atom. The molecule has 0 aliphatic rings. The second-order valence-corrected chi connectivity index (χ2v) is 2.44. The highest BCUT2D eigenvalue weighted by atomic mass is 16.1. The third-order valence-corrected chi connectivity index (χ3v) is 1.54. The standard InChI is InChI=1S/C7H12N4O/c1-8-7(12)3-2-4-11-6-9-5-10-11/h5-6H,2-4H2,1H3,(H,8,12). The van der Waals surface area contributed by atoms with E-state index in [1.807, 2.05) is 0 Å². The van der Waals surface area contributed by atoms with Gasteiger partial charge in [0, 0.05) is 20.0 Å². The molecule has 0 spiro atoms. The molecular formula is C7H12N4O. The van der Waals surface area contributed by atoms with E-state index in [1.165, 1.54) is 6.33 Å². The molecule has 1 rings (SSSR count). The second kappa shape index (κ2) is 4.48. The lowest BCUT2D eigenvalue weighted by atomic mass is 10.3. The lowest BCUT2D eigenvalue weighted by Gasteiger charge is -1.99. The Balaban J connectivity index is 2.15. The smallest absolute Gasteiger partial charge is 0.219 e. The van der Waals surface area contributed by atoms with Gasteiger partial charge in [-0.25, -0.2) is 4.98 Å². The van der Waals surface area contributed by atoms with Gasteiger partial charge in [-0.1, -0.05) is 0 Å². The minimum absolute atomic E-state index is 0.0649. The van der Waals surface area contributed by atoms with E-state index in [4.69, 9.17) is 0 Å². The average Bonchev–Trinajstić information content (AvgIpc) is 2.57. The normalized spacial score (nSPS) is 9.75. The Kier molecular flexibility index (Phi) is 3.25. The number of carbonyl (C=O) groups excluding carboxylic acids is 1. The molecule has 1 aromatic rings. The van der Waals surface area contributed by atoms with Crippen LogP contribution in [0.15, 0.2) is 12.7 Å². The number of aryl methyl sites for hydroxylation is 1. The summed E-state index contributed by atoms with van der Waals surface area (Å²) in [6, 6.07) is 0. The quantitative estimate of drug-likeness (QED) is 0.677. The molecule has 1 aromatic heterocycles. The molecule has 1 heterocycles. The zero-order valence-electron chi connectivity index (χ0n) is 7.03. The maximum atomic E-state index is 10.8. The van der Waals surface area contributed by atoms with Gasteiger partial charge in [-0.3, -0.25) is 9.48 Å². The van der Waals surface area contributed by atoms with E-state index in [0.29, 0.717) is 6.42 Å². The fourth-order valence-electron chi connectivity index (χ4n) is 0.875. The van der Waals surface area contributed by atoms with E-state index < -0.39 is 0 Å². The summed E-state index contributed by atoms with van der Waals surface area (Å²) < 4.78 is 1.71. The predicted molar refractivity (Wildman–Crippen MR) is 43.3 cm³/mol. The van der Waals surface area contributed by atoms with Crippen LogP contribution >= 0.6 is 0 Å². The Hall–Kier alpha value is -1.39. The van der Waals surface area contributed by atoms with Crippen LogP contribution in [-0.2, 0) is 11.3 Å². The van der Waals surface area contributed by atoms with Gasteiger partial charge in [0.2, 0.25) is 5.91 Å². The highest BCUT2D eigenvalue weighted by molar-refractivity contribution is 5.75. The van der Waals surface area contributed by atoms with E-state index in [0.717, 1.165) is 13.0 Å². The molecule has 0 aliphatic carbocycles. The summed E-state index contributed by atoms with van der Waals surface area (Å²) in [5.74, 6) is 0.0649. The molecule has 0 aliphatic heterocycles. The molecule has 12 heavy (non-hydrogen) atoms. The van der Waals surface area contributed by atoms with Gasteiger partial charge in [-0.05, 0) is 6.42 Å². The van der Waals surface area contributed by atoms with E-state index in [1.54, 1.807) is 18.1 Å². The van der Waals surface area contributed by atoms with Crippen molar-refractivity contribution in [2.45, 2.75) is 19.4 Å². The first-order valence-corrected chi connectivity index (χ1v) is 3.86. The summed E-state index contributed by atoms with van der Waals surface area (Å²) in [5, 5.41) is 6.47. The Morgan fingerprint density at radius 1 is 1.67 bits per heavy atom. The number of aromatic nitrogens is 3. The highest BCUT2D eigenvalue weighted by Crippen LogP contribution is 1.92. The number of hydrogen-bond donors (Lipinski definition) is 1. The van der Waals surface area contributed by atoms with E-state index in [2.05, 4.69) is 15.4 Å². The molecule has 0 radical (unpaired) electrons. The number of amides is 1. The molecule has 0 bridgehead atoms. The molecule has 66 valence electrons. The van der Waals surface area contributed by atoms with Crippen LogP contribution in [0.5, 0.6) is 0 Å². The average molecular weight is 168 g/mol. The van der Waals surface area contributed by atoms with Crippen molar-refractivity contribution >= 4 is 5.91 Å². The van der Waals surface area contributed by atoms with Gasteiger partial charge in [0.05, 0.1) is 0 Å². The van der Waals surface area contributed by atoms with Crippen LogP contribution in [-0.4, -0.2) is 27.7 Å². The van der Waals surface area contributed by atoms with Gasteiger partial charge in [-0.2, -0.15) is 5.10 Å². The fourth-order valence-corrected chi connectivity index (χ4v) is 0.875. The summed E-state index contributed by atoms with van der Waals surface area (Å²) in [4.78, 5) is 14.6. The summed E-state index contributed by atoms with van der Waals surface area (Å²) in [6.45, 7) is 0.743. The number of nitrogens with zero attached hydrogens (tertiary/aromatic N) is 3. The van der Waals surface area contributed by atoms with Gasteiger partial charge in [0.1, 0.15) is 12.7 Å². The van der Waals surface area contributed by atoms with Gasteiger partial charge in [0.15, 0.2) is 0 Å². The third kappa shape index (κ3) is 2.69. The van der Waals surface area contributed by atoms with Crippen LogP contribution in [0.25, 0.3) is 0 Å². The molecule has 0 saturated heterocycles. The minimum atomic E-state index is 0.0649. The van der Waals surface area contributed by atoms with Gasteiger partial charge in [0.25, 0.3) is 0 Å². The van der Waals surface area contributed by atoms with Gasteiger partial charge < -0.3 is 5.32 Å². The lowest BCUT2D eigenvalue weighted by Crippen LogP contribution is -2.17. The van der Waals surface area contributed by atoms with Crippen molar-refractivity contribution < 1.29 is 4.79 Å². The summed E-state index contributed by atoms with van der Waals surface area (Å²) in [7, 11) is 1.64. The molecule has 5 heteroatoms. The van der Waals surface area contributed by atoms with E-state index in [9.17, 15) is 4.79 Å². The van der Waals surface area contributed by atoms with Gasteiger partial charge in [-0.15, -0.1) is 0 Å². The zero-order chi connectivity index (χ0) is 8.81. The first kappa shape index (κ1) is 8.70. The van der Waals surface area contributed by atoms with Crippen LogP contribution in [0, 0.1) is 0 Å². The van der Waals surface area contributed by atoms with Crippen LogP contribution in [0.4, 0.5) is 0 Å². The number of rotatable bonds is 4. The molecule has 1 N–H and O–H groups in total. The van der Waals surface area contributed by atoms with Crippen molar-refractivity contribution in [1.82, 2.24) is 20.1 Å². The van der Waals surface area contributed by atoms with Crippen molar-refractivity contribution in [3.05, 3.63) is 12.7 Å². The van der Waals surface area contributed by atoms with Gasteiger partial charge >= 0.3 is 0 Å². The van der Waals surface area contributed by atoms with Crippen molar-refractivity contribution in [2.24, 2.45) is 0 Å². The van der Waals surface area contributed by atoms with E-state index >= 15 is 0 Å². The van der Waals surface area contributed by atoms with Crippen molar-refractivity contribution in [2.75, 3.05) is 7.05 Å². The van der Waals surface area contributed by atoms with Crippen molar-refractivity contribution in [3.8, 4) is 0 Å². The van der Waals surface area contributed by atoms with Crippen LogP contribution in [0.2, 0.25) is 0 Å². The first-order chi connectivity index (χ1) is 5.83. The monoisotopic (exact) mass is 168 g/mol. The molecular weight excluding hydrogens is 156 g/mol. The zero-order valence-corrected chi connectivity index (χ0v) is 7.03. The molecule has 0 atom stereocenters. The molecule has 0 unspecified atom stereocenters. The summed E-state index contributed by atoms with van der Waals surface area (Å²) in [6.07, 6.45) is 4.46. The third-order valence-electron chi connectivity index (χ3n) is 1.54. The number of hydrogen-bond acceptors (Lipinski definition) is 3. The van der Waals surface area contributed by atoms with Crippen LogP contribution in [0.1, 0.15) is 12.8 Å². The summed E-state index contributed by atoms with van der Waals surface area (Å²) >= 11 is 0. The maximum absolute atomic E-state index is 10.8. The maximum Gasteiger partial charge on any atom is 0.219 e. The Morgan fingerprint density at radius 3 is 3.08 bits per heavy atom. The largest absolute Gasteiger partial charge is 0.359 e. The van der Waals surface area contributed by atoms with Crippen molar-refractivity contribution in [1.29, 1.82) is 0 Å². The lowest BCUT2D eigenvalue weighted by molar-refractivity contribution is -0.120. The highest BCUT2D eigenvalue weighted by Gasteiger charge is 1.97.